The van der Waals surface area contributed by atoms with Crippen LogP contribution in [0, 0.1) is 0 Å². The molecule has 0 saturated heterocycles. The molecule has 0 unspecified atom stereocenters. The van der Waals surface area contributed by atoms with Crippen molar-refractivity contribution in [2.24, 2.45) is 0 Å². The summed E-state index contributed by atoms with van der Waals surface area (Å²) in [6.45, 7) is 3.92. The Bertz CT molecular complexity index is 299. The molecular weight excluding hydrogens is 154 g/mol. The van der Waals surface area contributed by atoms with E-state index in [0.717, 1.165) is 12.6 Å². The largest absolute Gasteiger partial charge is 0.342 e. The van der Waals surface area contributed by atoms with Crippen molar-refractivity contribution in [1.29, 1.82) is 0 Å². The predicted molar refractivity (Wildman–Crippen MR) is 45.6 cm³/mol. The second-order valence-electron chi connectivity index (χ2n) is 2.94. The Morgan fingerprint density at radius 2 is 2.00 bits per heavy atom. The van der Waals surface area contributed by atoms with Gasteiger partial charge in [-0.05, 0) is 19.9 Å². The zero-order valence-corrected chi connectivity index (χ0v) is 7.15. The summed E-state index contributed by atoms with van der Waals surface area (Å²) in [5.74, 6) is 0. The Morgan fingerprint density at radius 3 is 2.33 bits per heavy atom. The van der Waals surface area contributed by atoms with Crippen molar-refractivity contribution in [2.75, 3.05) is 0 Å². The normalized spacial score (nSPS) is 10.2. The van der Waals surface area contributed by atoms with E-state index >= 15 is 0 Å². The molecule has 1 rings (SSSR count). The first-order valence-corrected chi connectivity index (χ1v) is 3.81. The van der Waals surface area contributed by atoms with Crippen molar-refractivity contribution in [3.05, 3.63) is 23.5 Å². The van der Waals surface area contributed by atoms with Crippen LogP contribution >= 0.6 is 0 Å². The van der Waals surface area contributed by atoms with Crippen molar-refractivity contribution in [3.63, 3.8) is 0 Å². The molecule has 0 radical (unpaired) electrons. The summed E-state index contributed by atoms with van der Waals surface area (Å²) in [7, 11) is 0. The molecule has 0 aliphatic heterocycles. The molecule has 0 amide bonds. The number of carbonyl (C=O) groups is 2. The fourth-order valence-corrected chi connectivity index (χ4v) is 1.12. The molecule has 0 fully saturated rings. The molecule has 0 spiro atoms. The number of rotatable bonds is 3. The van der Waals surface area contributed by atoms with E-state index in [1.807, 2.05) is 13.8 Å². The van der Waals surface area contributed by atoms with Gasteiger partial charge in [-0.3, -0.25) is 9.59 Å². The molecule has 1 aromatic rings. The van der Waals surface area contributed by atoms with E-state index in [-0.39, 0.29) is 6.04 Å². The van der Waals surface area contributed by atoms with Crippen molar-refractivity contribution in [2.45, 2.75) is 19.9 Å². The van der Waals surface area contributed by atoms with Crippen molar-refractivity contribution < 1.29 is 9.59 Å². The van der Waals surface area contributed by atoms with E-state index in [0.29, 0.717) is 11.3 Å². The van der Waals surface area contributed by atoms with Crippen LogP contribution in [0.2, 0.25) is 0 Å². The molecule has 0 saturated carbocycles. The highest BCUT2D eigenvalue weighted by Gasteiger charge is 2.06. The van der Waals surface area contributed by atoms with Gasteiger partial charge >= 0.3 is 0 Å². The number of aromatic nitrogens is 1. The first kappa shape index (κ1) is 8.71. The Kier molecular flexibility index (Phi) is 2.43. The van der Waals surface area contributed by atoms with Crippen LogP contribution in [0.4, 0.5) is 0 Å². The standard InChI is InChI=1S/C9H11NO2/c1-7(2)10-4-8(5-11)3-9(10)6-12/h3-7H,1-2H3. The van der Waals surface area contributed by atoms with Crippen molar-refractivity contribution in [1.82, 2.24) is 4.57 Å². The van der Waals surface area contributed by atoms with Gasteiger partial charge in [0, 0.05) is 17.8 Å². The fourth-order valence-electron chi connectivity index (χ4n) is 1.12. The molecule has 0 N–H and O–H groups in total. The lowest BCUT2D eigenvalue weighted by Crippen LogP contribution is -2.02. The third kappa shape index (κ3) is 1.44. The minimum atomic E-state index is 0.207. The Balaban J connectivity index is 3.16. The lowest BCUT2D eigenvalue weighted by atomic mass is 10.3. The summed E-state index contributed by atoms with van der Waals surface area (Å²) >= 11 is 0. The SMILES string of the molecule is CC(C)n1cc(C=O)cc1C=O. The average molecular weight is 165 g/mol. The average Bonchev–Trinajstić information content (AvgIpc) is 2.47. The van der Waals surface area contributed by atoms with Gasteiger partial charge in [0.05, 0.1) is 5.69 Å². The Hall–Kier alpha value is -1.38. The predicted octanol–water partition coefficient (Wildman–Crippen LogP) is 1.69. The van der Waals surface area contributed by atoms with E-state index in [2.05, 4.69) is 0 Å². The number of hydrogen-bond acceptors (Lipinski definition) is 2. The fraction of sp³-hybridized carbons (Fsp3) is 0.333. The number of carbonyl (C=O) groups excluding carboxylic acids is 2. The van der Waals surface area contributed by atoms with Crippen molar-refractivity contribution in [3.8, 4) is 0 Å². The summed E-state index contributed by atoms with van der Waals surface area (Å²) in [4.78, 5) is 20.9. The van der Waals surface area contributed by atoms with E-state index in [9.17, 15) is 9.59 Å². The first-order chi connectivity index (χ1) is 5.69. The van der Waals surface area contributed by atoms with Crippen LogP contribution in [0.15, 0.2) is 12.3 Å². The zero-order chi connectivity index (χ0) is 9.14. The lowest BCUT2D eigenvalue weighted by Gasteiger charge is -2.07. The molecule has 3 nitrogen and oxygen atoms in total. The minimum absolute atomic E-state index is 0.207. The number of aldehydes is 2. The topological polar surface area (TPSA) is 39.1 Å². The minimum Gasteiger partial charge on any atom is -0.342 e. The van der Waals surface area contributed by atoms with E-state index in [1.54, 1.807) is 16.8 Å². The maximum atomic E-state index is 10.5. The van der Waals surface area contributed by atoms with Gasteiger partial charge < -0.3 is 4.57 Å². The van der Waals surface area contributed by atoms with Gasteiger partial charge in [-0.25, -0.2) is 0 Å². The summed E-state index contributed by atoms with van der Waals surface area (Å²) in [5, 5.41) is 0. The number of hydrogen-bond donors (Lipinski definition) is 0. The molecule has 0 atom stereocenters. The van der Waals surface area contributed by atoms with Gasteiger partial charge in [0.25, 0.3) is 0 Å². The molecule has 64 valence electrons. The molecule has 3 heteroatoms. The van der Waals surface area contributed by atoms with Crippen molar-refractivity contribution >= 4 is 12.6 Å². The quantitative estimate of drug-likeness (QED) is 0.639. The van der Waals surface area contributed by atoms with Crippen LogP contribution in [0.1, 0.15) is 40.7 Å². The second kappa shape index (κ2) is 3.34. The maximum absolute atomic E-state index is 10.5. The van der Waals surface area contributed by atoms with Crippen LogP contribution in [0.3, 0.4) is 0 Å². The molecule has 0 aliphatic rings. The molecule has 12 heavy (non-hydrogen) atoms. The van der Waals surface area contributed by atoms with Crippen LogP contribution in [0.5, 0.6) is 0 Å². The van der Waals surface area contributed by atoms with Gasteiger partial charge in [0.15, 0.2) is 12.6 Å². The Morgan fingerprint density at radius 1 is 1.33 bits per heavy atom. The van der Waals surface area contributed by atoms with E-state index in [1.165, 1.54) is 0 Å². The summed E-state index contributed by atoms with van der Waals surface area (Å²) < 4.78 is 1.77. The molecule has 1 aromatic heterocycles. The van der Waals surface area contributed by atoms with Gasteiger partial charge in [-0.2, -0.15) is 0 Å². The highest BCUT2D eigenvalue weighted by atomic mass is 16.1. The monoisotopic (exact) mass is 165 g/mol. The van der Waals surface area contributed by atoms with Gasteiger partial charge in [0.2, 0.25) is 0 Å². The second-order valence-corrected chi connectivity index (χ2v) is 2.94. The third-order valence-corrected chi connectivity index (χ3v) is 1.71. The first-order valence-electron chi connectivity index (χ1n) is 3.81. The molecule has 0 bridgehead atoms. The third-order valence-electron chi connectivity index (χ3n) is 1.71. The maximum Gasteiger partial charge on any atom is 0.166 e. The molecule has 0 aromatic carbocycles. The summed E-state index contributed by atoms with van der Waals surface area (Å²) in [6, 6.07) is 1.79. The molecule has 0 aliphatic carbocycles. The van der Waals surface area contributed by atoms with Crippen LogP contribution in [-0.4, -0.2) is 17.1 Å². The highest BCUT2D eigenvalue weighted by molar-refractivity contribution is 5.81. The number of nitrogens with zero attached hydrogens (tertiary/aromatic N) is 1. The van der Waals surface area contributed by atoms with Gasteiger partial charge in [-0.1, -0.05) is 0 Å². The van der Waals surface area contributed by atoms with Crippen LogP contribution in [-0.2, 0) is 0 Å². The molecular formula is C9H11NO2. The lowest BCUT2D eigenvalue weighted by molar-refractivity contribution is 0.111. The smallest absolute Gasteiger partial charge is 0.166 e. The van der Waals surface area contributed by atoms with E-state index in [4.69, 9.17) is 0 Å². The molecule has 1 heterocycles. The highest BCUT2D eigenvalue weighted by Crippen LogP contribution is 2.11. The summed E-state index contributed by atoms with van der Waals surface area (Å²) in [6.07, 6.45) is 3.18. The van der Waals surface area contributed by atoms with E-state index < -0.39 is 0 Å². The van der Waals surface area contributed by atoms with Crippen LogP contribution < -0.4 is 0 Å². The zero-order valence-electron chi connectivity index (χ0n) is 7.15. The van der Waals surface area contributed by atoms with Gasteiger partial charge in [0.1, 0.15) is 0 Å². The summed E-state index contributed by atoms with van der Waals surface area (Å²) in [5.41, 5.74) is 1.10. The Labute approximate surface area is 71.0 Å². The van der Waals surface area contributed by atoms with Gasteiger partial charge in [-0.15, -0.1) is 0 Å². The van der Waals surface area contributed by atoms with Crippen LogP contribution in [0.25, 0.3) is 0 Å².